The number of hydrogen-bond acceptors (Lipinski definition) is 1. The maximum absolute atomic E-state index is 13.4. The van der Waals surface area contributed by atoms with E-state index in [0.717, 1.165) is 12.0 Å². The van der Waals surface area contributed by atoms with Crippen LogP contribution < -0.4 is 0 Å². The van der Waals surface area contributed by atoms with Gasteiger partial charge < -0.3 is 4.57 Å². The minimum absolute atomic E-state index is 0.291. The summed E-state index contributed by atoms with van der Waals surface area (Å²) in [4.78, 5) is 10.8. The number of aldehydes is 1. The number of carbonyl (C=O) groups is 1. The highest BCUT2D eigenvalue weighted by Gasteiger charge is 2.13. The average molecular weight is 191 g/mol. The zero-order valence-electron chi connectivity index (χ0n) is 8.04. The van der Waals surface area contributed by atoms with E-state index in [9.17, 15) is 9.18 Å². The normalized spacial score (nSPS) is 10.8. The zero-order valence-corrected chi connectivity index (χ0v) is 8.04. The first-order valence-electron chi connectivity index (χ1n) is 4.35. The van der Waals surface area contributed by atoms with Crippen LogP contribution in [0.2, 0.25) is 0 Å². The van der Waals surface area contributed by atoms with E-state index in [1.54, 1.807) is 23.7 Å². The smallest absolute Gasteiger partial charge is 0.152 e. The molecule has 0 aliphatic carbocycles. The number of aryl methyl sites for hydroxylation is 1. The molecule has 1 aromatic heterocycles. The minimum atomic E-state index is -0.291. The van der Waals surface area contributed by atoms with Crippen LogP contribution in [0.15, 0.2) is 18.2 Å². The summed E-state index contributed by atoms with van der Waals surface area (Å²) in [6.45, 7) is 1.81. The number of hydrogen-bond donors (Lipinski definition) is 0. The molecule has 0 unspecified atom stereocenters. The second kappa shape index (κ2) is 2.94. The summed E-state index contributed by atoms with van der Waals surface area (Å²) in [5.74, 6) is -0.291. The van der Waals surface area contributed by atoms with Crippen molar-refractivity contribution in [2.45, 2.75) is 6.92 Å². The molecule has 14 heavy (non-hydrogen) atoms. The van der Waals surface area contributed by atoms with Gasteiger partial charge in [0.1, 0.15) is 5.82 Å². The fraction of sp³-hybridized carbons (Fsp3) is 0.182. The Labute approximate surface area is 81.0 Å². The third-order valence-electron chi connectivity index (χ3n) is 2.62. The van der Waals surface area contributed by atoms with Crippen LogP contribution in [-0.2, 0) is 7.05 Å². The van der Waals surface area contributed by atoms with E-state index in [0.29, 0.717) is 16.5 Å². The van der Waals surface area contributed by atoms with Crippen molar-refractivity contribution in [3.05, 3.63) is 35.3 Å². The Balaban J connectivity index is 3.02. The van der Waals surface area contributed by atoms with Crippen molar-refractivity contribution in [2.24, 2.45) is 7.05 Å². The van der Waals surface area contributed by atoms with Crippen molar-refractivity contribution in [3.8, 4) is 0 Å². The molecule has 2 nitrogen and oxygen atoms in total. The number of para-hydroxylation sites is 1. The second-order valence-electron chi connectivity index (χ2n) is 3.31. The monoisotopic (exact) mass is 191 g/mol. The summed E-state index contributed by atoms with van der Waals surface area (Å²) in [6, 6.07) is 4.77. The molecule has 0 fully saturated rings. The van der Waals surface area contributed by atoms with Crippen molar-refractivity contribution in [2.75, 3.05) is 0 Å². The van der Waals surface area contributed by atoms with E-state index in [4.69, 9.17) is 0 Å². The van der Waals surface area contributed by atoms with Crippen LogP contribution in [0.5, 0.6) is 0 Å². The van der Waals surface area contributed by atoms with Gasteiger partial charge in [-0.15, -0.1) is 0 Å². The van der Waals surface area contributed by atoms with Gasteiger partial charge in [-0.1, -0.05) is 12.1 Å². The van der Waals surface area contributed by atoms with Crippen LogP contribution in [0.25, 0.3) is 10.9 Å². The fourth-order valence-corrected chi connectivity index (χ4v) is 1.77. The topological polar surface area (TPSA) is 22.0 Å². The SMILES string of the molecule is Cc1c(C=O)c2cccc(F)c2n1C. The van der Waals surface area contributed by atoms with Crippen molar-refractivity contribution >= 4 is 17.2 Å². The lowest BCUT2D eigenvalue weighted by atomic mass is 10.1. The Hall–Kier alpha value is -1.64. The fourth-order valence-electron chi connectivity index (χ4n) is 1.77. The molecule has 0 amide bonds. The van der Waals surface area contributed by atoms with Crippen molar-refractivity contribution in [3.63, 3.8) is 0 Å². The van der Waals surface area contributed by atoms with Crippen molar-refractivity contribution < 1.29 is 9.18 Å². The third kappa shape index (κ3) is 0.985. The van der Waals surface area contributed by atoms with Crippen molar-refractivity contribution in [1.29, 1.82) is 0 Å². The summed E-state index contributed by atoms with van der Waals surface area (Å²) < 4.78 is 15.1. The highest BCUT2D eigenvalue weighted by molar-refractivity contribution is 5.99. The predicted molar refractivity (Wildman–Crippen MR) is 53.0 cm³/mol. The number of carbonyl (C=O) groups excluding carboxylic acids is 1. The van der Waals surface area contributed by atoms with Crippen LogP contribution in [0.1, 0.15) is 16.1 Å². The summed E-state index contributed by atoms with van der Waals surface area (Å²) in [5, 5.41) is 0.681. The number of nitrogens with zero attached hydrogens (tertiary/aromatic N) is 1. The number of rotatable bonds is 1. The number of benzene rings is 1. The average Bonchev–Trinajstić information content (AvgIpc) is 2.41. The lowest BCUT2D eigenvalue weighted by Gasteiger charge is -1.98. The zero-order chi connectivity index (χ0) is 10.3. The molecule has 2 aromatic rings. The van der Waals surface area contributed by atoms with Gasteiger partial charge in [0.15, 0.2) is 6.29 Å². The highest BCUT2D eigenvalue weighted by Crippen LogP contribution is 2.25. The molecule has 0 radical (unpaired) electrons. The van der Waals surface area contributed by atoms with E-state index >= 15 is 0 Å². The van der Waals surface area contributed by atoms with E-state index in [1.807, 2.05) is 6.92 Å². The van der Waals surface area contributed by atoms with E-state index in [-0.39, 0.29) is 5.82 Å². The molecule has 0 bridgehead atoms. The van der Waals surface area contributed by atoms with E-state index in [1.165, 1.54) is 6.07 Å². The first-order chi connectivity index (χ1) is 6.66. The van der Waals surface area contributed by atoms with Gasteiger partial charge in [0.25, 0.3) is 0 Å². The molecule has 0 saturated heterocycles. The molecule has 0 saturated carbocycles. The molecule has 0 aliphatic rings. The van der Waals surface area contributed by atoms with Gasteiger partial charge in [-0.2, -0.15) is 0 Å². The van der Waals surface area contributed by atoms with Crippen LogP contribution in [0.4, 0.5) is 4.39 Å². The Kier molecular flexibility index (Phi) is 1.88. The first kappa shape index (κ1) is 8.94. The number of aromatic nitrogens is 1. The van der Waals surface area contributed by atoms with Crippen molar-refractivity contribution in [1.82, 2.24) is 4.57 Å². The van der Waals surface area contributed by atoms with Crippen LogP contribution in [0.3, 0.4) is 0 Å². The summed E-state index contributed by atoms with van der Waals surface area (Å²) >= 11 is 0. The lowest BCUT2D eigenvalue weighted by molar-refractivity contribution is 0.112. The number of fused-ring (bicyclic) bond motifs is 1. The molecule has 0 N–H and O–H groups in total. The minimum Gasteiger partial charge on any atom is -0.345 e. The summed E-state index contributed by atoms with van der Waals surface area (Å²) in [5.41, 5.74) is 1.86. The van der Waals surface area contributed by atoms with E-state index < -0.39 is 0 Å². The highest BCUT2D eigenvalue weighted by atomic mass is 19.1. The molecule has 72 valence electrons. The quantitative estimate of drug-likeness (QED) is 0.634. The van der Waals surface area contributed by atoms with Crippen LogP contribution in [0, 0.1) is 12.7 Å². The molecule has 0 atom stereocenters. The predicted octanol–water partition coefficient (Wildman–Crippen LogP) is 2.44. The molecule has 1 heterocycles. The lowest BCUT2D eigenvalue weighted by Crippen LogP contribution is -1.92. The molecule has 3 heteroatoms. The van der Waals surface area contributed by atoms with Crippen LogP contribution in [-0.4, -0.2) is 10.9 Å². The molecule has 0 spiro atoms. The largest absolute Gasteiger partial charge is 0.345 e. The number of halogens is 1. The Bertz CT molecular complexity index is 513. The van der Waals surface area contributed by atoms with Gasteiger partial charge in [0.2, 0.25) is 0 Å². The first-order valence-corrected chi connectivity index (χ1v) is 4.35. The summed E-state index contributed by atoms with van der Waals surface area (Å²) in [7, 11) is 1.76. The third-order valence-corrected chi connectivity index (χ3v) is 2.62. The Morgan fingerprint density at radius 3 is 2.79 bits per heavy atom. The van der Waals surface area contributed by atoms with E-state index in [2.05, 4.69) is 0 Å². The maximum atomic E-state index is 13.4. The molecule has 2 rings (SSSR count). The van der Waals surface area contributed by atoms with Gasteiger partial charge in [-0.25, -0.2) is 4.39 Å². The standard InChI is InChI=1S/C11H10FNO/c1-7-9(6-14)8-4-3-5-10(12)11(8)13(7)2/h3-6H,1-2H3. The van der Waals surface area contributed by atoms with Gasteiger partial charge in [-0.3, -0.25) is 4.79 Å². The molecular weight excluding hydrogens is 181 g/mol. The Morgan fingerprint density at radius 2 is 2.14 bits per heavy atom. The van der Waals surface area contributed by atoms with Gasteiger partial charge in [0.05, 0.1) is 5.52 Å². The summed E-state index contributed by atoms with van der Waals surface area (Å²) in [6.07, 6.45) is 0.775. The molecule has 0 aliphatic heterocycles. The Morgan fingerprint density at radius 1 is 1.43 bits per heavy atom. The van der Waals surface area contributed by atoms with Gasteiger partial charge >= 0.3 is 0 Å². The maximum Gasteiger partial charge on any atom is 0.152 e. The molecule has 1 aromatic carbocycles. The molecular formula is C11H10FNO. The van der Waals surface area contributed by atoms with Gasteiger partial charge in [0, 0.05) is 23.7 Å². The van der Waals surface area contributed by atoms with Gasteiger partial charge in [-0.05, 0) is 13.0 Å². The van der Waals surface area contributed by atoms with Crippen LogP contribution >= 0.6 is 0 Å². The second-order valence-corrected chi connectivity index (χ2v) is 3.31.